The molecule has 2 aromatic heterocycles. The van der Waals surface area contributed by atoms with Crippen LogP contribution in [0.2, 0.25) is 0 Å². The SMILES string of the molecule is Cc1nn2cnnc2c(C)c1CCC(=O)Nc1ccc(CN2CCCCC2)cc1. The molecule has 3 aromatic rings. The normalized spacial score (nSPS) is 15.0. The van der Waals surface area contributed by atoms with Crippen LogP contribution in [-0.2, 0) is 17.8 Å². The fourth-order valence-corrected chi connectivity index (χ4v) is 4.08. The van der Waals surface area contributed by atoms with Crippen molar-refractivity contribution >= 4 is 17.2 Å². The Morgan fingerprint density at radius 3 is 2.62 bits per heavy atom. The number of aromatic nitrogens is 4. The van der Waals surface area contributed by atoms with Crippen molar-refractivity contribution in [2.75, 3.05) is 18.4 Å². The molecule has 1 aromatic carbocycles. The molecular weight excluding hydrogens is 364 g/mol. The maximum atomic E-state index is 12.5. The summed E-state index contributed by atoms with van der Waals surface area (Å²) in [6, 6.07) is 8.22. The highest BCUT2D eigenvalue weighted by Gasteiger charge is 2.13. The van der Waals surface area contributed by atoms with E-state index in [0.717, 1.165) is 34.7 Å². The number of piperidine rings is 1. The molecule has 1 aliphatic heterocycles. The summed E-state index contributed by atoms with van der Waals surface area (Å²) in [6.45, 7) is 7.33. The van der Waals surface area contributed by atoms with E-state index < -0.39 is 0 Å². The number of hydrogen-bond acceptors (Lipinski definition) is 5. The molecule has 7 heteroatoms. The van der Waals surface area contributed by atoms with Crippen molar-refractivity contribution in [2.45, 2.75) is 52.5 Å². The predicted molar refractivity (Wildman–Crippen MR) is 113 cm³/mol. The molecule has 1 amide bonds. The summed E-state index contributed by atoms with van der Waals surface area (Å²) in [6.07, 6.45) is 6.58. The van der Waals surface area contributed by atoms with Crippen LogP contribution < -0.4 is 5.32 Å². The summed E-state index contributed by atoms with van der Waals surface area (Å²) < 4.78 is 1.68. The van der Waals surface area contributed by atoms with Gasteiger partial charge in [0.1, 0.15) is 6.33 Å². The van der Waals surface area contributed by atoms with E-state index in [0.29, 0.717) is 12.8 Å². The van der Waals surface area contributed by atoms with Crippen molar-refractivity contribution < 1.29 is 4.79 Å². The molecule has 0 atom stereocenters. The van der Waals surface area contributed by atoms with Crippen molar-refractivity contribution in [1.82, 2.24) is 24.7 Å². The van der Waals surface area contributed by atoms with Gasteiger partial charge in [-0.2, -0.15) is 5.10 Å². The van der Waals surface area contributed by atoms with E-state index >= 15 is 0 Å². The highest BCUT2D eigenvalue weighted by molar-refractivity contribution is 5.90. The van der Waals surface area contributed by atoms with Gasteiger partial charge >= 0.3 is 0 Å². The summed E-state index contributed by atoms with van der Waals surface area (Å²) >= 11 is 0. The average Bonchev–Trinajstić information content (AvgIpc) is 3.19. The van der Waals surface area contributed by atoms with Crippen molar-refractivity contribution in [3.05, 3.63) is 53.0 Å². The van der Waals surface area contributed by atoms with Gasteiger partial charge in [-0.1, -0.05) is 18.6 Å². The van der Waals surface area contributed by atoms with Crippen LogP contribution in [0.4, 0.5) is 5.69 Å². The van der Waals surface area contributed by atoms with Crippen molar-refractivity contribution in [1.29, 1.82) is 0 Å². The number of benzene rings is 1. The molecule has 7 nitrogen and oxygen atoms in total. The number of fused-ring (bicyclic) bond motifs is 1. The quantitative estimate of drug-likeness (QED) is 0.697. The summed E-state index contributed by atoms with van der Waals surface area (Å²) in [5.74, 6) is 0.00826. The van der Waals surface area contributed by atoms with Gasteiger partial charge in [-0.25, -0.2) is 4.52 Å². The van der Waals surface area contributed by atoms with Gasteiger partial charge in [0, 0.05) is 24.2 Å². The largest absolute Gasteiger partial charge is 0.326 e. The summed E-state index contributed by atoms with van der Waals surface area (Å²) in [7, 11) is 0. The lowest BCUT2D eigenvalue weighted by atomic mass is 10.0. The third-order valence-corrected chi connectivity index (χ3v) is 5.71. The van der Waals surface area contributed by atoms with Crippen LogP contribution in [0.25, 0.3) is 5.65 Å². The molecule has 1 saturated heterocycles. The van der Waals surface area contributed by atoms with E-state index in [-0.39, 0.29) is 5.91 Å². The minimum atomic E-state index is 0.00826. The van der Waals surface area contributed by atoms with Gasteiger partial charge in [-0.15, -0.1) is 10.2 Å². The number of hydrogen-bond donors (Lipinski definition) is 1. The molecule has 152 valence electrons. The second-order valence-electron chi connectivity index (χ2n) is 7.87. The molecule has 29 heavy (non-hydrogen) atoms. The number of nitrogens with zero attached hydrogens (tertiary/aromatic N) is 5. The Balaban J connectivity index is 1.33. The lowest BCUT2D eigenvalue weighted by Crippen LogP contribution is -2.29. The Kier molecular flexibility index (Phi) is 5.85. The zero-order valence-electron chi connectivity index (χ0n) is 17.2. The van der Waals surface area contributed by atoms with E-state index in [9.17, 15) is 4.79 Å². The van der Waals surface area contributed by atoms with Gasteiger partial charge in [-0.05, 0) is 69.5 Å². The first-order valence-electron chi connectivity index (χ1n) is 10.4. The average molecular weight is 393 g/mol. The smallest absolute Gasteiger partial charge is 0.224 e. The zero-order valence-corrected chi connectivity index (χ0v) is 17.2. The molecule has 0 spiro atoms. The van der Waals surface area contributed by atoms with Crippen LogP contribution in [-0.4, -0.2) is 43.7 Å². The molecule has 0 unspecified atom stereocenters. The number of likely N-dealkylation sites (tertiary alicyclic amines) is 1. The highest BCUT2D eigenvalue weighted by Crippen LogP contribution is 2.18. The minimum Gasteiger partial charge on any atom is -0.326 e. The second kappa shape index (κ2) is 8.69. The van der Waals surface area contributed by atoms with Crippen molar-refractivity contribution in [3.63, 3.8) is 0 Å². The molecule has 0 bridgehead atoms. The molecule has 1 aliphatic rings. The Hall–Kier alpha value is -2.80. The lowest BCUT2D eigenvalue weighted by molar-refractivity contribution is -0.116. The van der Waals surface area contributed by atoms with Gasteiger partial charge < -0.3 is 5.32 Å². The minimum absolute atomic E-state index is 0.00826. The third-order valence-electron chi connectivity index (χ3n) is 5.71. The summed E-state index contributed by atoms with van der Waals surface area (Å²) in [5.41, 5.74) is 5.89. The van der Waals surface area contributed by atoms with Crippen LogP contribution in [0.1, 0.15) is 48.1 Å². The maximum Gasteiger partial charge on any atom is 0.224 e. The van der Waals surface area contributed by atoms with Gasteiger partial charge in [0.25, 0.3) is 0 Å². The first-order valence-corrected chi connectivity index (χ1v) is 10.4. The molecule has 0 saturated carbocycles. The molecule has 1 fully saturated rings. The Morgan fingerprint density at radius 2 is 1.86 bits per heavy atom. The van der Waals surface area contributed by atoms with E-state index in [1.165, 1.54) is 37.9 Å². The molecule has 0 radical (unpaired) electrons. The fourth-order valence-electron chi connectivity index (χ4n) is 4.08. The number of aryl methyl sites for hydroxylation is 2. The predicted octanol–water partition coefficient (Wildman–Crippen LogP) is 3.30. The number of amides is 1. The summed E-state index contributed by atoms with van der Waals surface area (Å²) in [5, 5.41) is 15.5. The number of carbonyl (C=O) groups excluding carboxylic acids is 1. The molecular formula is C22H28N6O. The Labute approximate surface area is 171 Å². The monoisotopic (exact) mass is 392 g/mol. The van der Waals surface area contributed by atoms with Crippen LogP contribution in [0, 0.1) is 13.8 Å². The third kappa shape index (κ3) is 4.62. The Morgan fingerprint density at radius 1 is 1.10 bits per heavy atom. The van der Waals surface area contributed by atoms with E-state index in [4.69, 9.17) is 0 Å². The number of anilines is 1. The molecule has 0 aliphatic carbocycles. The first kappa shape index (κ1) is 19.5. The molecule has 4 rings (SSSR count). The maximum absolute atomic E-state index is 12.5. The van der Waals surface area contributed by atoms with Gasteiger partial charge in [0.05, 0.1) is 5.69 Å². The van der Waals surface area contributed by atoms with Crippen molar-refractivity contribution in [2.24, 2.45) is 0 Å². The summed E-state index contributed by atoms with van der Waals surface area (Å²) in [4.78, 5) is 15.0. The Bertz CT molecular complexity index is 988. The molecule has 1 N–H and O–H groups in total. The van der Waals surface area contributed by atoms with Crippen LogP contribution >= 0.6 is 0 Å². The van der Waals surface area contributed by atoms with E-state index in [1.807, 2.05) is 26.0 Å². The first-order chi connectivity index (χ1) is 14.1. The number of carbonyl (C=O) groups is 1. The standard InChI is InChI=1S/C22H28N6O/c1-16-20(17(2)26-28-15-23-25-22(16)28)10-11-21(29)24-19-8-6-18(7-9-19)14-27-12-4-3-5-13-27/h6-9,15H,3-5,10-14H2,1-2H3,(H,24,29). The number of nitrogens with one attached hydrogen (secondary N) is 1. The van der Waals surface area contributed by atoms with Gasteiger partial charge in [0.15, 0.2) is 5.65 Å². The topological polar surface area (TPSA) is 75.4 Å². The van der Waals surface area contributed by atoms with E-state index in [2.05, 4.69) is 37.6 Å². The number of rotatable bonds is 6. The second-order valence-corrected chi connectivity index (χ2v) is 7.87. The van der Waals surface area contributed by atoms with Crippen molar-refractivity contribution in [3.8, 4) is 0 Å². The van der Waals surface area contributed by atoms with Gasteiger partial charge in [-0.3, -0.25) is 9.69 Å². The van der Waals surface area contributed by atoms with E-state index in [1.54, 1.807) is 10.8 Å². The highest BCUT2D eigenvalue weighted by atomic mass is 16.1. The zero-order chi connectivity index (χ0) is 20.2. The van der Waals surface area contributed by atoms with Crippen LogP contribution in [0.5, 0.6) is 0 Å². The van der Waals surface area contributed by atoms with Gasteiger partial charge in [0.2, 0.25) is 5.91 Å². The lowest BCUT2D eigenvalue weighted by Gasteiger charge is -2.26. The van der Waals surface area contributed by atoms with Crippen LogP contribution in [0.3, 0.4) is 0 Å². The fraction of sp³-hybridized carbons (Fsp3) is 0.455. The molecule has 3 heterocycles. The van der Waals surface area contributed by atoms with Crippen LogP contribution in [0.15, 0.2) is 30.6 Å².